The Bertz CT molecular complexity index is 461. The third kappa shape index (κ3) is 3.28. The highest BCUT2D eigenvalue weighted by Crippen LogP contribution is 2.24. The molecule has 1 aromatic rings. The molecule has 5 nitrogen and oxygen atoms in total. The van der Waals surface area contributed by atoms with Gasteiger partial charge in [-0.1, -0.05) is 6.07 Å². The maximum Gasteiger partial charge on any atom is 0.152 e. The normalized spacial score (nSPS) is 21.6. The van der Waals surface area contributed by atoms with Crippen LogP contribution in [0.25, 0.3) is 0 Å². The van der Waals surface area contributed by atoms with Crippen molar-refractivity contribution >= 4 is 9.84 Å². The van der Waals surface area contributed by atoms with Crippen molar-refractivity contribution in [3.63, 3.8) is 0 Å². The zero-order valence-electron chi connectivity index (χ0n) is 10.3. The van der Waals surface area contributed by atoms with Crippen LogP contribution in [0.2, 0.25) is 0 Å². The third-order valence-corrected chi connectivity index (χ3v) is 4.94. The molecule has 1 aromatic heterocycles. The van der Waals surface area contributed by atoms with Gasteiger partial charge in [0.1, 0.15) is 0 Å². The summed E-state index contributed by atoms with van der Waals surface area (Å²) in [7, 11) is -2.83. The molecule has 0 spiro atoms. The molecule has 1 unspecified atom stereocenters. The number of sulfone groups is 1. The summed E-state index contributed by atoms with van der Waals surface area (Å²) in [6.45, 7) is 1.76. The number of pyridine rings is 1. The first-order chi connectivity index (χ1) is 8.62. The van der Waals surface area contributed by atoms with Crippen molar-refractivity contribution in [2.45, 2.75) is 12.5 Å². The Balaban J connectivity index is 2.12. The van der Waals surface area contributed by atoms with Crippen molar-refractivity contribution in [2.75, 3.05) is 31.1 Å². The Morgan fingerprint density at radius 1 is 1.39 bits per heavy atom. The Morgan fingerprint density at radius 2 is 2.11 bits per heavy atom. The second kappa shape index (κ2) is 5.77. The van der Waals surface area contributed by atoms with Gasteiger partial charge < -0.3 is 5.73 Å². The zero-order valence-corrected chi connectivity index (χ0v) is 11.1. The van der Waals surface area contributed by atoms with Crippen LogP contribution < -0.4 is 5.73 Å². The van der Waals surface area contributed by atoms with E-state index in [-0.39, 0.29) is 17.5 Å². The summed E-state index contributed by atoms with van der Waals surface area (Å²) < 4.78 is 22.9. The van der Waals surface area contributed by atoms with E-state index in [9.17, 15) is 8.42 Å². The van der Waals surface area contributed by atoms with Gasteiger partial charge in [-0.2, -0.15) is 0 Å². The molecule has 0 saturated carbocycles. The third-order valence-electron chi connectivity index (χ3n) is 3.33. The topological polar surface area (TPSA) is 76.3 Å². The summed E-state index contributed by atoms with van der Waals surface area (Å²) in [5.74, 6) is 0.489. The highest BCUT2D eigenvalue weighted by molar-refractivity contribution is 7.91. The van der Waals surface area contributed by atoms with Gasteiger partial charge in [0.25, 0.3) is 0 Å². The molecule has 1 atom stereocenters. The summed E-state index contributed by atoms with van der Waals surface area (Å²) in [6, 6.07) is 4.11. The van der Waals surface area contributed by atoms with Gasteiger partial charge in [-0.05, 0) is 24.6 Å². The number of nitrogens with two attached hydrogens (primary N) is 1. The van der Waals surface area contributed by atoms with E-state index < -0.39 is 9.84 Å². The Morgan fingerprint density at radius 3 is 2.67 bits per heavy atom. The molecule has 2 N–H and O–H groups in total. The van der Waals surface area contributed by atoms with Gasteiger partial charge in [0, 0.05) is 31.5 Å². The number of hydrogen-bond acceptors (Lipinski definition) is 5. The van der Waals surface area contributed by atoms with Crippen molar-refractivity contribution in [1.82, 2.24) is 9.88 Å². The molecule has 0 radical (unpaired) electrons. The molecule has 1 aliphatic rings. The smallest absolute Gasteiger partial charge is 0.152 e. The average molecular weight is 269 g/mol. The molecule has 100 valence electrons. The summed E-state index contributed by atoms with van der Waals surface area (Å²) >= 11 is 0. The molecule has 2 rings (SSSR count). The molecule has 0 bridgehead atoms. The fraction of sp³-hybridized carbons (Fsp3) is 0.583. The van der Waals surface area contributed by atoms with Crippen molar-refractivity contribution in [3.8, 4) is 0 Å². The quantitative estimate of drug-likeness (QED) is 0.845. The first kappa shape index (κ1) is 13.5. The summed E-state index contributed by atoms with van der Waals surface area (Å²) in [4.78, 5) is 6.32. The van der Waals surface area contributed by atoms with E-state index in [1.807, 2.05) is 18.3 Å². The van der Waals surface area contributed by atoms with Gasteiger partial charge >= 0.3 is 0 Å². The van der Waals surface area contributed by atoms with Gasteiger partial charge in [-0.3, -0.25) is 9.88 Å². The maximum absolute atomic E-state index is 11.4. The van der Waals surface area contributed by atoms with Crippen molar-refractivity contribution in [3.05, 3.63) is 30.1 Å². The van der Waals surface area contributed by atoms with Gasteiger partial charge in [0.05, 0.1) is 11.5 Å². The van der Waals surface area contributed by atoms with E-state index in [0.717, 1.165) is 12.0 Å². The van der Waals surface area contributed by atoms with E-state index in [0.29, 0.717) is 19.6 Å². The standard InChI is InChI=1S/C12H19N3O2S/c13-4-3-12(11-2-1-5-14-10-11)15-6-8-18(16,17)9-7-15/h1-2,5,10,12H,3-4,6-9,13H2. The summed E-state index contributed by atoms with van der Waals surface area (Å²) in [5, 5.41) is 0. The van der Waals surface area contributed by atoms with Crippen LogP contribution >= 0.6 is 0 Å². The predicted molar refractivity (Wildman–Crippen MR) is 70.9 cm³/mol. The Hall–Kier alpha value is -0.980. The van der Waals surface area contributed by atoms with Gasteiger partial charge in [-0.15, -0.1) is 0 Å². The second-order valence-electron chi connectivity index (χ2n) is 4.57. The summed E-state index contributed by atoms with van der Waals surface area (Å²) in [5.41, 5.74) is 6.77. The average Bonchev–Trinajstić information content (AvgIpc) is 2.38. The highest BCUT2D eigenvalue weighted by atomic mass is 32.2. The van der Waals surface area contributed by atoms with Crippen LogP contribution in [-0.4, -0.2) is 49.4 Å². The minimum atomic E-state index is -2.83. The largest absolute Gasteiger partial charge is 0.330 e. The fourth-order valence-electron chi connectivity index (χ4n) is 2.33. The van der Waals surface area contributed by atoms with Crippen LogP contribution in [0.5, 0.6) is 0 Å². The molecule has 0 aromatic carbocycles. The van der Waals surface area contributed by atoms with E-state index in [1.165, 1.54) is 0 Å². The molecule has 1 fully saturated rings. The molecular formula is C12H19N3O2S. The molecule has 2 heterocycles. The zero-order chi connectivity index (χ0) is 13.0. The lowest BCUT2D eigenvalue weighted by atomic mass is 10.0. The monoisotopic (exact) mass is 269 g/mol. The van der Waals surface area contributed by atoms with E-state index in [2.05, 4.69) is 9.88 Å². The fourth-order valence-corrected chi connectivity index (χ4v) is 3.56. The number of hydrogen-bond donors (Lipinski definition) is 1. The molecule has 1 aliphatic heterocycles. The SMILES string of the molecule is NCCC(c1cccnc1)N1CCS(=O)(=O)CC1. The Labute approximate surface area is 108 Å². The first-order valence-electron chi connectivity index (χ1n) is 6.17. The Kier molecular flexibility index (Phi) is 4.31. The molecule has 0 aliphatic carbocycles. The van der Waals surface area contributed by atoms with Gasteiger partial charge in [0.2, 0.25) is 0 Å². The maximum atomic E-state index is 11.4. The van der Waals surface area contributed by atoms with E-state index in [1.54, 1.807) is 6.20 Å². The predicted octanol–water partition coefficient (Wildman–Crippen LogP) is 0.202. The minimum absolute atomic E-state index is 0.180. The second-order valence-corrected chi connectivity index (χ2v) is 6.87. The van der Waals surface area contributed by atoms with Crippen LogP contribution in [0.3, 0.4) is 0 Å². The van der Waals surface area contributed by atoms with Gasteiger partial charge in [-0.25, -0.2) is 8.42 Å². The van der Waals surface area contributed by atoms with Crippen molar-refractivity contribution in [1.29, 1.82) is 0 Å². The molecular weight excluding hydrogens is 250 g/mol. The van der Waals surface area contributed by atoms with Gasteiger partial charge in [0.15, 0.2) is 9.84 Å². The summed E-state index contributed by atoms with van der Waals surface area (Å²) in [6.07, 6.45) is 4.40. The number of rotatable bonds is 4. The van der Waals surface area contributed by atoms with Crippen LogP contribution in [0, 0.1) is 0 Å². The van der Waals surface area contributed by atoms with Crippen LogP contribution in [0.4, 0.5) is 0 Å². The number of nitrogens with zero attached hydrogens (tertiary/aromatic N) is 2. The molecule has 6 heteroatoms. The van der Waals surface area contributed by atoms with Crippen molar-refractivity contribution in [2.24, 2.45) is 5.73 Å². The van der Waals surface area contributed by atoms with Crippen LogP contribution in [-0.2, 0) is 9.84 Å². The molecule has 18 heavy (non-hydrogen) atoms. The highest BCUT2D eigenvalue weighted by Gasteiger charge is 2.27. The molecule has 0 amide bonds. The van der Waals surface area contributed by atoms with E-state index >= 15 is 0 Å². The first-order valence-corrected chi connectivity index (χ1v) is 7.99. The lowest BCUT2D eigenvalue weighted by molar-refractivity contribution is 0.205. The lowest BCUT2D eigenvalue weighted by Gasteiger charge is -2.34. The van der Waals surface area contributed by atoms with Crippen molar-refractivity contribution < 1.29 is 8.42 Å². The molecule has 1 saturated heterocycles. The number of aromatic nitrogens is 1. The minimum Gasteiger partial charge on any atom is -0.330 e. The lowest BCUT2D eigenvalue weighted by Crippen LogP contribution is -2.42. The van der Waals surface area contributed by atoms with Crippen LogP contribution in [0.1, 0.15) is 18.0 Å². The van der Waals surface area contributed by atoms with Crippen LogP contribution in [0.15, 0.2) is 24.5 Å². The van der Waals surface area contributed by atoms with E-state index in [4.69, 9.17) is 5.73 Å².